The van der Waals surface area contributed by atoms with Crippen molar-refractivity contribution in [1.29, 1.82) is 0 Å². The molecule has 0 aliphatic carbocycles. The van der Waals surface area contributed by atoms with Crippen LogP contribution in [0.5, 0.6) is 0 Å². The summed E-state index contributed by atoms with van der Waals surface area (Å²) in [6.07, 6.45) is 1.80. The summed E-state index contributed by atoms with van der Waals surface area (Å²) in [4.78, 5) is 25.7. The summed E-state index contributed by atoms with van der Waals surface area (Å²) in [6, 6.07) is 12.1. The monoisotopic (exact) mass is 387 g/mol. The maximum absolute atomic E-state index is 13.1. The lowest BCUT2D eigenvalue weighted by atomic mass is 10.1. The van der Waals surface area contributed by atoms with Crippen molar-refractivity contribution in [2.45, 2.75) is 34.2 Å². The van der Waals surface area contributed by atoms with Gasteiger partial charge in [-0.25, -0.2) is 9.78 Å². The Hall–Kier alpha value is -3.41. The van der Waals surface area contributed by atoms with Crippen molar-refractivity contribution in [2.75, 3.05) is 22.2 Å². The van der Waals surface area contributed by atoms with Crippen LogP contribution in [0.3, 0.4) is 0 Å². The Morgan fingerprint density at radius 3 is 2.41 bits per heavy atom. The SMILES string of the molecule is Cc1ccc(Nc2ncc3c(n2)N(C)C(=O)N(c2c(C)cccc2C)C3)c(C)c1. The van der Waals surface area contributed by atoms with Crippen molar-refractivity contribution in [2.24, 2.45) is 0 Å². The van der Waals surface area contributed by atoms with Gasteiger partial charge in [0, 0.05) is 24.5 Å². The molecule has 4 rings (SSSR count). The number of fused-ring (bicyclic) bond motifs is 1. The van der Waals surface area contributed by atoms with Gasteiger partial charge in [0.2, 0.25) is 5.95 Å². The molecule has 1 N–H and O–H groups in total. The van der Waals surface area contributed by atoms with Crippen molar-refractivity contribution in [3.63, 3.8) is 0 Å². The fourth-order valence-electron chi connectivity index (χ4n) is 3.85. The Bertz CT molecular complexity index is 1090. The van der Waals surface area contributed by atoms with Crippen molar-refractivity contribution in [1.82, 2.24) is 9.97 Å². The van der Waals surface area contributed by atoms with Gasteiger partial charge < -0.3 is 5.32 Å². The van der Waals surface area contributed by atoms with Gasteiger partial charge in [0.05, 0.1) is 12.2 Å². The Balaban J connectivity index is 1.67. The number of benzene rings is 2. The molecule has 2 heterocycles. The van der Waals surface area contributed by atoms with Crippen LogP contribution in [0.2, 0.25) is 0 Å². The normalized spacial score (nSPS) is 13.5. The highest BCUT2D eigenvalue weighted by atomic mass is 16.2. The van der Waals surface area contributed by atoms with Gasteiger partial charge in [-0.2, -0.15) is 4.98 Å². The maximum atomic E-state index is 13.1. The predicted octanol–water partition coefficient (Wildman–Crippen LogP) is 5.03. The molecule has 0 radical (unpaired) electrons. The van der Waals surface area contributed by atoms with Crippen LogP contribution in [-0.4, -0.2) is 23.0 Å². The minimum absolute atomic E-state index is 0.0916. The molecule has 1 aromatic heterocycles. The number of para-hydroxylation sites is 1. The van der Waals surface area contributed by atoms with Crippen LogP contribution in [-0.2, 0) is 6.54 Å². The Morgan fingerprint density at radius 1 is 1.00 bits per heavy atom. The maximum Gasteiger partial charge on any atom is 0.330 e. The van der Waals surface area contributed by atoms with Gasteiger partial charge in [-0.15, -0.1) is 0 Å². The Labute approximate surface area is 171 Å². The van der Waals surface area contributed by atoms with Gasteiger partial charge in [0.1, 0.15) is 5.82 Å². The number of aryl methyl sites for hydroxylation is 4. The molecule has 0 saturated heterocycles. The van der Waals surface area contributed by atoms with E-state index in [9.17, 15) is 4.79 Å². The highest BCUT2D eigenvalue weighted by molar-refractivity contribution is 6.05. The van der Waals surface area contributed by atoms with Crippen LogP contribution >= 0.6 is 0 Å². The molecule has 0 spiro atoms. The van der Waals surface area contributed by atoms with E-state index in [2.05, 4.69) is 28.3 Å². The lowest BCUT2D eigenvalue weighted by Crippen LogP contribution is -2.46. The first-order valence-corrected chi connectivity index (χ1v) is 9.67. The number of rotatable bonds is 3. The summed E-state index contributed by atoms with van der Waals surface area (Å²) >= 11 is 0. The van der Waals surface area contributed by atoms with Crippen LogP contribution in [0.25, 0.3) is 0 Å². The standard InChI is InChI=1S/C23H25N5O/c1-14-9-10-19(17(4)11-14)25-22-24-12-18-13-28(23(29)27(5)21(18)26-22)20-15(2)7-6-8-16(20)3/h6-12H,13H2,1-5H3,(H,24,25,26). The minimum atomic E-state index is -0.0916. The average molecular weight is 387 g/mol. The van der Waals surface area contributed by atoms with E-state index in [4.69, 9.17) is 0 Å². The van der Waals surface area contributed by atoms with Gasteiger partial charge in [0.15, 0.2) is 0 Å². The van der Waals surface area contributed by atoms with E-state index in [1.165, 1.54) is 5.56 Å². The third kappa shape index (κ3) is 3.42. The molecule has 2 amide bonds. The first-order chi connectivity index (χ1) is 13.8. The molecule has 0 fully saturated rings. The number of nitrogens with zero attached hydrogens (tertiary/aromatic N) is 4. The van der Waals surface area contributed by atoms with Crippen LogP contribution < -0.4 is 15.1 Å². The number of amides is 2. The van der Waals surface area contributed by atoms with Gasteiger partial charge in [-0.3, -0.25) is 9.80 Å². The highest BCUT2D eigenvalue weighted by Gasteiger charge is 2.32. The molecule has 1 aliphatic rings. The van der Waals surface area contributed by atoms with Gasteiger partial charge in [0.25, 0.3) is 0 Å². The first-order valence-electron chi connectivity index (χ1n) is 9.67. The lowest BCUT2D eigenvalue weighted by Gasteiger charge is -2.35. The summed E-state index contributed by atoms with van der Waals surface area (Å²) in [5.74, 6) is 1.12. The van der Waals surface area contributed by atoms with Crippen LogP contribution in [0.15, 0.2) is 42.6 Å². The van der Waals surface area contributed by atoms with Crippen molar-refractivity contribution in [3.8, 4) is 0 Å². The lowest BCUT2D eigenvalue weighted by molar-refractivity contribution is 0.251. The van der Waals surface area contributed by atoms with E-state index >= 15 is 0 Å². The average Bonchev–Trinajstić information content (AvgIpc) is 2.68. The second-order valence-corrected chi connectivity index (χ2v) is 7.65. The van der Waals surface area contributed by atoms with E-state index in [1.807, 2.05) is 51.1 Å². The summed E-state index contributed by atoms with van der Waals surface area (Å²) in [5.41, 5.74) is 7.30. The Kier molecular flexibility index (Phi) is 4.70. The van der Waals surface area contributed by atoms with Crippen LogP contribution in [0.4, 0.5) is 27.9 Å². The largest absolute Gasteiger partial charge is 0.330 e. The first kappa shape index (κ1) is 18.9. The molecule has 2 aromatic carbocycles. The molecule has 1 aliphatic heterocycles. The summed E-state index contributed by atoms with van der Waals surface area (Å²) in [6.45, 7) is 8.62. The zero-order chi connectivity index (χ0) is 20.7. The van der Waals surface area contributed by atoms with E-state index < -0.39 is 0 Å². The number of hydrogen-bond donors (Lipinski definition) is 1. The van der Waals surface area contributed by atoms with Crippen LogP contribution in [0.1, 0.15) is 27.8 Å². The number of hydrogen-bond acceptors (Lipinski definition) is 4. The van der Waals surface area contributed by atoms with E-state index in [0.29, 0.717) is 18.3 Å². The third-order valence-electron chi connectivity index (χ3n) is 5.34. The number of anilines is 4. The predicted molar refractivity (Wildman–Crippen MR) is 117 cm³/mol. The topological polar surface area (TPSA) is 61.4 Å². The van der Waals surface area contributed by atoms with Crippen molar-refractivity contribution in [3.05, 3.63) is 70.4 Å². The number of nitrogens with one attached hydrogen (secondary N) is 1. The summed E-state index contributed by atoms with van der Waals surface area (Å²) < 4.78 is 0. The summed E-state index contributed by atoms with van der Waals surface area (Å²) in [5, 5.41) is 3.27. The van der Waals surface area contributed by atoms with Crippen molar-refractivity contribution >= 4 is 29.2 Å². The zero-order valence-corrected chi connectivity index (χ0v) is 17.4. The molecular formula is C23H25N5O. The molecule has 6 heteroatoms. The fraction of sp³-hybridized carbons (Fsp3) is 0.261. The molecule has 0 atom stereocenters. The van der Waals surface area contributed by atoms with E-state index in [-0.39, 0.29) is 6.03 Å². The Morgan fingerprint density at radius 2 is 1.72 bits per heavy atom. The number of carbonyl (C=O) groups is 1. The molecule has 29 heavy (non-hydrogen) atoms. The number of urea groups is 1. The minimum Gasteiger partial charge on any atom is -0.324 e. The van der Waals surface area contributed by atoms with Gasteiger partial charge in [-0.05, 0) is 50.5 Å². The van der Waals surface area contributed by atoms with E-state index in [1.54, 1.807) is 23.0 Å². The summed E-state index contributed by atoms with van der Waals surface area (Å²) in [7, 11) is 1.76. The fourth-order valence-corrected chi connectivity index (χ4v) is 3.85. The van der Waals surface area contributed by atoms with Gasteiger partial charge >= 0.3 is 6.03 Å². The zero-order valence-electron chi connectivity index (χ0n) is 17.4. The third-order valence-corrected chi connectivity index (χ3v) is 5.34. The molecule has 0 saturated carbocycles. The molecule has 148 valence electrons. The number of carbonyl (C=O) groups excluding carboxylic acids is 1. The molecule has 0 bridgehead atoms. The second-order valence-electron chi connectivity index (χ2n) is 7.65. The molecule has 0 unspecified atom stereocenters. The van der Waals surface area contributed by atoms with Crippen LogP contribution in [0, 0.1) is 27.7 Å². The second kappa shape index (κ2) is 7.20. The van der Waals surface area contributed by atoms with E-state index in [0.717, 1.165) is 33.6 Å². The van der Waals surface area contributed by atoms with Crippen molar-refractivity contribution < 1.29 is 4.79 Å². The highest BCUT2D eigenvalue weighted by Crippen LogP contribution is 2.33. The number of aromatic nitrogens is 2. The quantitative estimate of drug-likeness (QED) is 0.685. The molecule has 6 nitrogen and oxygen atoms in total. The van der Waals surface area contributed by atoms with Gasteiger partial charge in [-0.1, -0.05) is 35.9 Å². The molecular weight excluding hydrogens is 362 g/mol. The molecule has 3 aromatic rings. The smallest absolute Gasteiger partial charge is 0.324 e.